The second-order valence-corrected chi connectivity index (χ2v) is 6.80. The van der Waals surface area contributed by atoms with E-state index in [1.54, 1.807) is 57.8 Å². The number of rotatable bonds is 5. The Bertz CT molecular complexity index is 807. The fourth-order valence-corrected chi connectivity index (χ4v) is 2.47. The molecule has 0 atom stereocenters. The largest absolute Gasteiger partial charge is 0.465 e. The van der Waals surface area contributed by atoms with Crippen LogP contribution in [0.1, 0.15) is 31.1 Å². The molecule has 0 aliphatic heterocycles. The molecule has 0 bridgehead atoms. The number of hydrogen-bond acceptors (Lipinski definition) is 6. The third-order valence-electron chi connectivity index (χ3n) is 3.64. The molecule has 1 aromatic carbocycles. The lowest BCUT2D eigenvalue weighted by atomic mass is 10.1. The first-order valence-electron chi connectivity index (χ1n) is 8.22. The van der Waals surface area contributed by atoms with Gasteiger partial charge in [0.05, 0.1) is 31.3 Å². The Hall–Kier alpha value is -2.61. The van der Waals surface area contributed by atoms with Crippen molar-refractivity contribution in [1.82, 2.24) is 9.78 Å². The van der Waals surface area contributed by atoms with Gasteiger partial charge in [0.2, 0.25) is 0 Å². The normalized spacial score (nSPS) is 11.5. The molecule has 8 nitrogen and oxygen atoms in total. The van der Waals surface area contributed by atoms with Gasteiger partial charge in [-0.3, -0.25) is 9.58 Å². The first kappa shape index (κ1) is 19.7. The molecule has 0 fully saturated rings. The fourth-order valence-electron chi connectivity index (χ4n) is 2.47. The van der Waals surface area contributed by atoms with Crippen LogP contribution >= 0.6 is 0 Å². The highest BCUT2D eigenvalue weighted by Crippen LogP contribution is 2.28. The zero-order valence-electron chi connectivity index (χ0n) is 16.0. The van der Waals surface area contributed by atoms with E-state index in [-0.39, 0.29) is 6.54 Å². The predicted molar refractivity (Wildman–Crippen MR) is 97.5 cm³/mol. The first-order valence-corrected chi connectivity index (χ1v) is 8.22. The minimum absolute atomic E-state index is 0.288. The van der Waals surface area contributed by atoms with E-state index >= 15 is 0 Å². The molecule has 0 N–H and O–H groups in total. The van der Waals surface area contributed by atoms with Gasteiger partial charge in [-0.1, -0.05) is 0 Å². The van der Waals surface area contributed by atoms with Crippen molar-refractivity contribution in [1.29, 1.82) is 0 Å². The monoisotopic (exact) mass is 363 g/mol. The molecule has 0 aliphatic carbocycles. The summed E-state index contributed by atoms with van der Waals surface area (Å²) in [6.45, 7) is 6.03. The average molecular weight is 363 g/mol. The SMILES string of the molecule is COCCN(C(=O)OC(C)(C)C)c1nn(C)c2cc(C(=O)OC)ccc12. The Kier molecular flexibility index (Phi) is 5.86. The average Bonchev–Trinajstić information content (AvgIpc) is 2.89. The zero-order chi connectivity index (χ0) is 19.5. The van der Waals surface area contributed by atoms with Crippen LogP contribution in [-0.2, 0) is 21.3 Å². The van der Waals surface area contributed by atoms with E-state index in [0.29, 0.717) is 23.5 Å². The van der Waals surface area contributed by atoms with Gasteiger partial charge in [0, 0.05) is 19.5 Å². The van der Waals surface area contributed by atoms with Gasteiger partial charge in [0.15, 0.2) is 5.82 Å². The van der Waals surface area contributed by atoms with E-state index < -0.39 is 17.7 Å². The molecule has 2 rings (SSSR count). The summed E-state index contributed by atoms with van der Waals surface area (Å²) in [6, 6.07) is 5.07. The molecule has 0 aliphatic rings. The van der Waals surface area contributed by atoms with Crippen molar-refractivity contribution in [3.63, 3.8) is 0 Å². The molecule has 8 heteroatoms. The minimum atomic E-state index is -0.634. The van der Waals surface area contributed by atoms with Gasteiger partial charge in [0.25, 0.3) is 0 Å². The van der Waals surface area contributed by atoms with Crippen LogP contribution in [0, 0.1) is 0 Å². The van der Waals surface area contributed by atoms with Crippen LogP contribution in [0.4, 0.5) is 10.6 Å². The van der Waals surface area contributed by atoms with Crippen molar-refractivity contribution in [2.24, 2.45) is 7.05 Å². The van der Waals surface area contributed by atoms with E-state index in [0.717, 1.165) is 5.39 Å². The van der Waals surface area contributed by atoms with Gasteiger partial charge in [-0.25, -0.2) is 9.59 Å². The number of carbonyl (C=O) groups is 2. The van der Waals surface area contributed by atoms with E-state index in [1.807, 2.05) is 0 Å². The molecule has 2 aromatic rings. The second-order valence-electron chi connectivity index (χ2n) is 6.80. The molecule has 0 saturated heterocycles. The number of aromatic nitrogens is 2. The van der Waals surface area contributed by atoms with Crippen LogP contribution in [0.2, 0.25) is 0 Å². The maximum Gasteiger partial charge on any atom is 0.416 e. The lowest BCUT2D eigenvalue weighted by molar-refractivity contribution is 0.0565. The molecule has 0 saturated carbocycles. The summed E-state index contributed by atoms with van der Waals surface area (Å²) in [6.07, 6.45) is -0.508. The molecule has 0 radical (unpaired) electrons. The Balaban J connectivity index is 2.49. The summed E-state index contributed by atoms with van der Waals surface area (Å²) in [4.78, 5) is 25.9. The number of amides is 1. The number of carbonyl (C=O) groups excluding carboxylic acids is 2. The standard InChI is InChI=1S/C18H25N3O5/c1-18(2,3)26-17(23)21(9-10-24-5)15-13-8-7-12(16(22)25-6)11-14(13)20(4)19-15/h7-8,11H,9-10H2,1-6H3. The Morgan fingerprint density at radius 3 is 2.50 bits per heavy atom. The minimum Gasteiger partial charge on any atom is -0.465 e. The molecule has 1 amide bonds. The topological polar surface area (TPSA) is 82.9 Å². The van der Waals surface area contributed by atoms with Crippen molar-refractivity contribution in [2.45, 2.75) is 26.4 Å². The lowest BCUT2D eigenvalue weighted by Crippen LogP contribution is -2.39. The number of aryl methyl sites for hydroxylation is 1. The lowest BCUT2D eigenvalue weighted by Gasteiger charge is -2.26. The quantitative estimate of drug-likeness (QED) is 0.760. The highest BCUT2D eigenvalue weighted by atomic mass is 16.6. The summed E-state index contributed by atoms with van der Waals surface area (Å²) < 4.78 is 17.0. The fraction of sp³-hybridized carbons (Fsp3) is 0.500. The van der Waals surface area contributed by atoms with Crippen LogP contribution in [-0.4, -0.2) is 54.8 Å². The van der Waals surface area contributed by atoms with Crippen LogP contribution in [0.15, 0.2) is 18.2 Å². The van der Waals surface area contributed by atoms with Gasteiger partial charge < -0.3 is 14.2 Å². The van der Waals surface area contributed by atoms with Gasteiger partial charge in [-0.15, -0.1) is 0 Å². The summed E-state index contributed by atoms with van der Waals surface area (Å²) in [5.74, 6) is 0.0169. The van der Waals surface area contributed by atoms with E-state index in [9.17, 15) is 9.59 Å². The highest BCUT2D eigenvalue weighted by Gasteiger charge is 2.27. The number of benzene rings is 1. The zero-order valence-corrected chi connectivity index (χ0v) is 16.0. The van der Waals surface area contributed by atoms with E-state index in [2.05, 4.69) is 5.10 Å². The van der Waals surface area contributed by atoms with Crippen molar-refractivity contribution in [2.75, 3.05) is 32.3 Å². The molecule has 26 heavy (non-hydrogen) atoms. The Labute approximate surface area is 152 Å². The molecule has 0 spiro atoms. The van der Waals surface area contributed by atoms with Crippen LogP contribution in [0.3, 0.4) is 0 Å². The first-order chi connectivity index (χ1) is 12.2. The number of fused-ring (bicyclic) bond motifs is 1. The summed E-state index contributed by atoms with van der Waals surface area (Å²) in [5.41, 5.74) is 0.481. The highest BCUT2D eigenvalue weighted by molar-refractivity contribution is 6.02. The Morgan fingerprint density at radius 2 is 1.92 bits per heavy atom. The van der Waals surface area contributed by atoms with E-state index in [1.165, 1.54) is 12.0 Å². The Morgan fingerprint density at radius 1 is 1.23 bits per heavy atom. The third-order valence-corrected chi connectivity index (χ3v) is 3.64. The van der Waals surface area contributed by atoms with Crippen molar-refractivity contribution in [3.8, 4) is 0 Å². The van der Waals surface area contributed by atoms with Crippen LogP contribution in [0.25, 0.3) is 10.9 Å². The molecule has 1 aromatic heterocycles. The van der Waals surface area contributed by atoms with E-state index in [4.69, 9.17) is 14.2 Å². The molecule has 0 unspecified atom stereocenters. The number of hydrogen-bond donors (Lipinski definition) is 0. The van der Waals surface area contributed by atoms with Crippen molar-refractivity contribution in [3.05, 3.63) is 23.8 Å². The molecular weight excluding hydrogens is 338 g/mol. The smallest absolute Gasteiger partial charge is 0.416 e. The number of esters is 1. The predicted octanol–water partition coefficient (Wildman–Crippen LogP) is 2.75. The van der Waals surface area contributed by atoms with Gasteiger partial charge in [0.1, 0.15) is 5.60 Å². The second kappa shape index (κ2) is 7.74. The van der Waals surface area contributed by atoms with Gasteiger partial charge in [-0.2, -0.15) is 5.10 Å². The van der Waals surface area contributed by atoms with Crippen LogP contribution in [0.5, 0.6) is 0 Å². The maximum atomic E-state index is 12.7. The number of anilines is 1. The van der Waals surface area contributed by atoms with Crippen LogP contribution < -0.4 is 4.90 Å². The summed E-state index contributed by atoms with van der Waals surface area (Å²) >= 11 is 0. The number of ether oxygens (including phenoxy) is 3. The molecule has 1 heterocycles. The number of nitrogens with zero attached hydrogens (tertiary/aromatic N) is 3. The van der Waals surface area contributed by atoms with Gasteiger partial charge in [-0.05, 0) is 39.0 Å². The molecule has 142 valence electrons. The molecular formula is C18H25N3O5. The maximum absolute atomic E-state index is 12.7. The van der Waals surface area contributed by atoms with Crippen molar-refractivity contribution >= 4 is 28.8 Å². The summed E-state index contributed by atoms with van der Waals surface area (Å²) in [5, 5.41) is 5.18. The summed E-state index contributed by atoms with van der Waals surface area (Å²) in [7, 11) is 4.64. The number of methoxy groups -OCH3 is 2. The third kappa shape index (κ3) is 4.32. The van der Waals surface area contributed by atoms with Crippen molar-refractivity contribution < 1.29 is 23.8 Å². The van der Waals surface area contributed by atoms with Gasteiger partial charge >= 0.3 is 12.1 Å².